The lowest BCUT2D eigenvalue weighted by molar-refractivity contribution is 0.521. The molecule has 15 heteroatoms. The van der Waals surface area contributed by atoms with Gasteiger partial charge >= 0.3 is 0 Å². The number of rotatable bonds is 9. The van der Waals surface area contributed by atoms with Crippen LogP contribution in [-0.4, -0.2) is 50.3 Å². The molecule has 0 saturated heterocycles. The highest BCUT2D eigenvalue weighted by molar-refractivity contribution is 7.92. The smallest absolute Gasteiger partial charge is 0.267 e. The predicted octanol–water partition coefficient (Wildman–Crippen LogP) is 5.24. The number of nitrogens with zero attached hydrogens (tertiary/aromatic N) is 3. The van der Waals surface area contributed by atoms with E-state index in [2.05, 4.69) is 15.3 Å². The Morgan fingerprint density at radius 2 is 1.61 bits per heavy atom. The molecule has 0 aliphatic carbocycles. The third-order valence-electron chi connectivity index (χ3n) is 5.58. The van der Waals surface area contributed by atoms with Crippen molar-refractivity contribution in [2.45, 2.75) is 31.1 Å². The van der Waals surface area contributed by atoms with Gasteiger partial charge in [-0.2, -0.15) is 0 Å². The average Bonchev–Trinajstić information content (AvgIpc) is 3.31. The number of nitrogens with one attached hydrogen (secondary N) is 2. The van der Waals surface area contributed by atoms with Crippen molar-refractivity contribution in [3.05, 3.63) is 71.1 Å². The molecule has 0 radical (unpaired) electrons. The number of sulfonamides is 1. The Morgan fingerprint density at radius 3 is 2.24 bits per heavy atom. The van der Waals surface area contributed by atoms with Gasteiger partial charge in [0, 0.05) is 30.0 Å². The van der Waals surface area contributed by atoms with Crippen LogP contribution in [0, 0.1) is 17.5 Å². The van der Waals surface area contributed by atoms with Crippen molar-refractivity contribution in [2.75, 3.05) is 28.6 Å². The monoisotopic (exact) mass is 625 g/mol. The minimum absolute atomic E-state index is 0.0924. The number of hydrogen-bond acceptors (Lipinski definition) is 9. The number of anilines is 2. The van der Waals surface area contributed by atoms with Crippen LogP contribution in [0.15, 0.2) is 53.6 Å². The predicted molar refractivity (Wildman–Crippen MR) is 153 cm³/mol. The van der Waals surface area contributed by atoms with Crippen LogP contribution in [0.1, 0.15) is 25.8 Å². The van der Waals surface area contributed by atoms with E-state index in [1.54, 1.807) is 6.07 Å². The first-order valence-corrected chi connectivity index (χ1v) is 16.4. The Labute approximate surface area is 239 Å². The molecule has 41 heavy (non-hydrogen) atoms. The molecule has 0 saturated carbocycles. The van der Waals surface area contributed by atoms with Crippen LogP contribution in [-0.2, 0) is 25.3 Å². The van der Waals surface area contributed by atoms with Crippen LogP contribution >= 0.6 is 11.3 Å². The number of sulfone groups is 1. The first-order valence-electron chi connectivity index (χ1n) is 12.1. The highest BCUT2D eigenvalue weighted by atomic mass is 32.2. The third-order valence-corrected chi connectivity index (χ3v) is 9.45. The average molecular weight is 626 g/mol. The van der Waals surface area contributed by atoms with Crippen LogP contribution < -0.4 is 10.0 Å². The Balaban J connectivity index is 1.77. The van der Waals surface area contributed by atoms with Gasteiger partial charge in [0.05, 0.1) is 32.7 Å². The summed E-state index contributed by atoms with van der Waals surface area (Å²) in [5.41, 5.74) is 0.175. The molecule has 9 nitrogen and oxygen atoms in total. The summed E-state index contributed by atoms with van der Waals surface area (Å²) in [5.74, 6) is -3.56. The van der Waals surface area contributed by atoms with Crippen molar-refractivity contribution < 1.29 is 30.0 Å². The fourth-order valence-corrected chi connectivity index (χ4v) is 6.40. The number of benzene rings is 2. The third kappa shape index (κ3) is 7.21. The topological polar surface area (TPSA) is 131 Å². The molecule has 0 aliphatic rings. The Hall–Kier alpha value is -3.56. The summed E-state index contributed by atoms with van der Waals surface area (Å²) in [6.45, 7) is 5.94. The van der Waals surface area contributed by atoms with Gasteiger partial charge < -0.3 is 5.32 Å². The quantitative estimate of drug-likeness (QED) is 0.258. The van der Waals surface area contributed by atoms with Gasteiger partial charge in [-0.15, -0.1) is 11.3 Å². The van der Waals surface area contributed by atoms with Crippen molar-refractivity contribution in [1.29, 1.82) is 0 Å². The number of thiazole rings is 1. The molecular formula is C26H26F3N5O4S3. The lowest BCUT2D eigenvalue weighted by atomic mass is 9.98. The molecule has 2 N–H and O–H groups in total. The van der Waals surface area contributed by atoms with E-state index in [4.69, 9.17) is 4.98 Å². The molecule has 2 heterocycles. The van der Waals surface area contributed by atoms with Crippen molar-refractivity contribution in [3.8, 4) is 21.8 Å². The van der Waals surface area contributed by atoms with Gasteiger partial charge in [-0.1, -0.05) is 26.8 Å². The van der Waals surface area contributed by atoms with E-state index in [-0.39, 0.29) is 18.2 Å². The van der Waals surface area contributed by atoms with Gasteiger partial charge in [0.1, 0.15) is 27.3 Å². The normalized spacial score (nSPS) is 12.4. The van der Waals surface area contributed by atoms with Crippen LogP contribution in [0.4, 0.5) is 24.8 Å². The molecule has 4 aromatic rings. The van der Waals surface area contributed by atoms with E-state index in [0.717, 1.165) is 30.5 Å². The number of halogens is 3. The van der Waals surface area contributed by atoms with E-state index in [9.17, 15) is 30.0 Å². The molecule has 0 bridgehead atoms. The summed E-state index contributed by atoms with van der Waals surface area (Å²) < 4.78 is 93.7. The van der Waals surface area contributed by atoms with Crippen molar-refractivity contribution >= 4 is 42.8 Å². The maximum atomic E-state index is 14.8. The molecule has 2 aromatic carbocycles. The van der Waals surface area contributed by atoms with Gasteiger partial charge in [0.25, 0.3) is 10.0 Å². The number of hydrogen-bond donors (Lipinski definition) is 2. The lowest BCUT2D eigenvalue weighted by Crippen LogP contribution is -2.17. The molecule has 0 unspecified atom stereocenters. The lowest BCUT2D eigenvalue weighted by Gasteiger charge is -2.13. The summed E-state index contributed by atoms with van der Waals surface area (Å²) in [6.07, 6.45) is 2.60. The molecule has 2 aromatic heterocycles. The molecule has 0 aliphatic heterocycles. The summed E-state index contributed by atoms with van der Waals surface area (Å²) >= 11 is 1.32. The maximum Gasteiger partial charge on any atom is 0.267 e. The summed E-state index contributed by atoms with van der Waals surface area (Å²) in [5, 5.41) is 3.57. The van der Waals surface area contributed by atoms with E-state index < -0.39 is 53.3 Å². The van der Waals surface area contributed by atoms with E-state index in [0.29, 0.717) is 26.8 Å². The molecule has 218 valence electrons. The van der Waals surface area contributed by atoms with Crippen LogP contribution in [0.2, 0.25) is 0 Å². The van der Waals surface area contributed by atoms with Crippen molar-refractivity contribution in [1.82, 2.24) is 15.0 Å². The summed E-state index contributed by atoms with van der Waals surface area (Å²) in [4.78, 5) is 12.7. The SMILES string of the molecule is CC(C)(C)c1nc(-c2ccc(F)c(NS(=O)(=O)c3c(F)cccc3F)c2)c(-c2ccnc(NCCS(C)(=O)=O)n2)s1. The summed E-state index contributed by atoms with van der Waals surface area (Å²) in [6, 6.07) is 7.80. The van der Waals surface area contributed by atoms with Crippen molar-refractivity contribution in [3.63, 3.8) is 0 Å². The zero-order valence-electron chi connectivity index (χ0n) is 22.4. The highest BCUT2D eigenvalue weighted by Crippen LogP contribution is 2.41. The Morgan fingerprint density at radius 1 is 0.927 bits per heavy atom. The number of aromatic nitrogens is 3. The Kier molecular flexibility index (Phi) is 8.43. The van der Waals surface area contributed by atoms with Gasteiger partial charge in [-0.25, -0.2) is 45.0 Å². The second-order valence-electron chi connectivity index (χ2n) is 10.1. The fraction of sp³-hybridized carbons (Fsp3) is 0.269. The van der Waals surface area contributed by atoms with E-state index in [1.807, 2.05) is 25.5 Å². The highest BCUT2D eigenvalue weighted by Gasteiger charge is 2.27. The van der Waals surface area contributed by atoms with Crippen LogP contribution in [0.3, 0.4) is 0 Å². The van der Waals surface area contributed by atoms with Crippen molar-refractivity contribution in [2.24, 2.45) is 0 Å². The van der Waals surface area contributed by atoms with E-state index >= 15 is 0 Å². The largest absolute Gasteiger partial charge is 0.353 e. The molecule has 0 atom stereocenters. The first-order chi connectivity index (χ1) is 19.0. The summed E-state index contributed by atoms with van der Waals surface area (Å²) in [7, 11) is -8.03. The fourth-order valence-electron chi connectivity index (χ4n) is 3.61. The van der Waals surface area contributed by atoms with E-state index in [1.165, 1.54) is 29.7 Å². The maximum absolute atomic E-state index is 14.8. The van der Waals surface area contributed by atoms with Crippen LogP contribution in [0.5, 0.6) is 0 Å². The van der Waals surface area contributed by atoms with Gasteiger partial charge in [0.2, 0.25) is 5.95 Å². The molecular weight excluding hydrogens is 600 g/mol. The second-order valence-corrected chi connectivity index (χ2v) is 15.0. The van der Waals surface area contributed by atoms with Crippen LogP contribution in [0.25, 0.3) is 21.8 Å². The Bertz CT molecular complexity index is 1800. The second kappa shape index (κ2) is 11.4. The molecule has 0 fully saturated rings. The zero-order valence-corrected chi connectivity index (χ0v) is 24.8. The minimum Gasteiger partial charge on any atom is -0.353 e. The first kappa shape index (κ1) is 30.4. The minimum atomic E-state index is -4.83. The molecule has 0 spiro atoms. The van der Waals surface area contributed by atoms with Gasteiger partial charge in [-0.3, -0.25) is 4.72 Å². The molecule has 4 rings (SSSR count). The molecule has 0 amide bonds. The standard InChI is InChI=1S/C26H26F3N5O4S3/c1-26(2,3)24-33-21(22(39-24)19-10-11-30-25(32-19)31-12-13-40(4,35)36)15-8-9-16(27)20(14-15)34-41(37,38)23-17(28)6-5-7-18(23)29/h5-11,14,34H,12-13H2,1-4H3,(H,30,31,32). The van der Waals surface area contributed by atoms with Gasteiger partial charge in [0.15, 0.2) is 4.90 Å². The zero-order chi connectivity index (χ0) is 30.2. The van der Waals surface area contributed by atoms with Gasteiger partial charge in [-0.05, 0) is 36.4 Å².